The summed E-state index contributed by atoms with van der Waals surface area (Å²) in [6.45, 7) is 11.2. The number of aromatic amines is 1. The molecule has 0 aliphatic heterocycles. The third kappa shape index (κ3) is 4.45. The summed E-state index contributed by atoms with van der Waals surface area (Å²) in [5, 5.41) is 10.5. The van der Waals surface area contributed by atoms with E-state index in [2.05, 4.69) is 37.6 Å². The van der Waals surface area contributed by atoms with Crippen LogP contribution in [0.3, 0.4) is 0 Å². The van der Waals surface area contributed by atoms with Gasteiger partial charge in [0, 0.05) is 19.6 Å². The maximum Gasteiger partial charge on any atom is 0.417 e. The highest BCUT2D eigenvalue weighted by Crippen LogP contribution is 2.20. The summed E-state index contributed by atoms with van der Waals surface area (Å²) in [5.74, 6) is 0.634. The van der Waals surface area contributed by atoms with Crippen LogP contribution < -0.4 is 5.76 Å². The lowest BCUT2D eigenvalue weighted by atomic mass is 10.1. The zero-order valence-electron chi connectivity index (χ0n) is 13.8. The molecule has 0 amide bonds. The Hall–Kier alpha value is -1.59. The first-order valence-electron chi connectivity index (χ1n) is 7.88. The van der Waals surface area contributed by atoms with Crippen LogP contribution in [0.2, 0.25) is 0 Å². The lowest BCUT2D eigenvalue weighted by molar-refractivity contribution is 0.0987. The Morgan fingerprint density at radius 2 is 1.77 bits per heavy atom. The molecule has 0 bridgehead atoms. The van der Waals surface area contributed by atoms with Crippen molar-refractivity contribution < 1.29 is 9.52 Å². The zero-order chi connectivity index (χ0) is 16.3. The number of nitrogens with zero attached hydrogens (tertiary/aromatic N) is 1. The smallest absolute Gasteiger partial charge is 0.408 e. The Bertz CT molecular complexity index is 647. The van der Waals surface area contributed by atoms with Gasteiger partial charge in [0.15, 0.2) is 5.58 Å². The predicted molar refractivity (Wildman–Crippen MR) is 87.9 cm³/mol. The molecule has 2 N–H and O–H groups in total. The number of benzene rings is 1. The van der Waals surface area contributed by atoms with Crippen LogP contribution >= 0.6 is 0 Å². The first kappa shape index (κ1) is 16.8. The number of nitrogens with one attached hydrogen (secondary N) is 1. The Labute approximate surface area is 130 Å². The minimum atomic E-state index is -0.595. The van der Waals surface area contributed by atoms with Gasteiger partial charge in [0.2, 0.25) is 0 Å². The molecule has 122 valence electrons. The Balaban J connectivity index is 2.12. The van der Waals surface area contributed by atoms with Crippen molar-refractivity contribution in [2.75, 3.05) is 19.6 Å². The lowest BCUT2D eigenvalue weighted by Crippen LogP contribution is -2.35. The maximum atomic E-state index is 11.2. The zero-order valence-corrected chi connectivity index (χ0v) is 13.8. The van der Waals surface area contributed by atoms with E-state index >= 15 is 0 Å². The molecule has 0 aliphatic carbocycles. The molecule has 0 saturated carbocycles. The molecule has 0 radical (unpaired) electrons. The molecule has 0 spiro atoms. The van der Waals surface area contributed by atoms with Crippen molar-refractivity contribution in [2.24, 2.45) is 11.8 Å². The number of aliphatic hydroxyl groups excluding tert-OH is 1. The molecule has 0 aliphatic rings. The number of H-pyrrole nitrogens is 1. The number of oxazole rings is 1. The van der Waals surface area contributed by atoms with E-state index in [4.69, 9.17) is 4.42 Å². The Kier molecular flexibility index (Phi) is 5.42. The maximum absolute atomic E-state index is 11.2. The van der Waals surface area contributed by atoms with E-state index in [-0.39, 0.29) is 0 Å². The van der Waals surface area contributed by atoms with Gasteiger partial charge < -0.3 is 9.52 Å². The predicted octanol–water partition coefficient (Wildman–Crippen LogP) is 2.77. The monoisotopic (exact) mass is 306 g/mol. The third-order valence-electron chi connectivity index (χ3n) is 3.51. The number of aliphatic hydroxyl groups is 1. The van der Waals surface area contributed by atoms with Gasteiger partial charge in [0.1, 0.15) is 0 Å². The van der Waals surface area contributed by atoms with Gasteiger partial charge in [-0.25, -0.2) is 4.79 Å². The third-order valence-corrected chi connectivity index (χ3v) is 3.51. The van der Waals surface area contributed by atoms with Gasteiger partial charge in [0.05, 0.1) is 11.6 Å². The molecular weight excluding hydrogens is 280 g/mol. The van der Waals surface area contributed by atoms with Gasteiger partial charge in [0.25, 0.3) is 0 Å². The minimum Gasteiger partial charge on any atom is -0.408 e. The number of hydrogen-bond donors (Lipinski definition) is 2. The number of rotatable bonds is 7. The molecule has 5 heteroatoms. The normalized spacial score (nSPS) is 13.6. The molecule has 1 atom stereocenters. The van der Waals surface area contributed by atoms with Crippen LogP contribution in [0.15, 0.2) is 27.4 Å². The molecular formula is C17H26N2O3. The van der Waals surface area contributed by atoms with Gasteiger partial charge >= 0.3 is 5.76 Å². The summed E-state index contributed by atoms with van der Waals surface area (Å²) in [6.07, 6.45) is -0.595. The molecule has 2 rings (SSSR count). The van der Waals surface area contributed by atoms with E-state index < -0.39 is 11.9 Å². The topological polar surface area (TPSA) is 69.5 Å². The van der Waals surface area contributed by atoms with Gasteiger partial charge in [-0.2, -0.15) is 0 Å². The average molecular weight is 306 g/mol. The number of aromatic nitrogens is 1. The van der Waals surface area contributed by atoms with Gasteiger partial charge in [-0.05, 0) is 29.5 Å². The van der Waals surface area contributed by atoms with E-state index in [1.807, 2.05) is 6.07 Å². The van der Waals surface area contributed by atoms with Crippen LogP contribution in [0.4, 0.5) is 0 Å². The lowest BCUT2D eigenvalue weighted by Gasteiger charge is -2.28. The van der Waals surface area contributed by atoms with Gasteiger partial charge in [-0.15, -0.1) is 0 Å². The summed E-state index contributed by atoms with van der Waals surface area (Å²) in [6, 6.07) is 5.34. The van der Waals surface area contributed by atoms with Crippen molar-refractivity contribution in [3.63, 3.8) is 0 Å². The second kappa shape index (κ2) is 7.11. The van der Waals surface area contributed by atoms with E-state index in [1.165, 1.54) is 0 Å². The summed E-state index contributed by atoms with van der Waals surface area (Å²) in [5.41, 5.74) is 1.91. The van der Waals surface area contributed by atoms with Crippen molar-refractivity contribution in [3.05, 3.63) is 34.3 Å². The molecule has 22 heavy (non-hydrogen) atoms. The van der Waals surface area contributed by atoms with Crippen molar-refractivity contribution in [3.8, 4) is 0 Å². The van der Waals surface area contributed by atoms with E-state index in [0.29, 0.717) is 29.5 Å². The van der Waals surface area contributed by atoms with Gasteiger partial charge in [-0.3, -0.25) is 9.88 Å². The highest BCUT2D eigenvalue weighted by atomic mass is 16.4. The highest BCUT2D eigenvalue weighted by molar-refractivity contribution is 5.72. The molecule has 1 aromatic carbocycles. The Morgan fingerprint density at radius 1 is 1.14 bits per heavy atom. The summed E-state index contributed by atoms with van der Waals surface area (Å²) >= 11 is 0. The number of hydrogen-bond acceptors (Lipinski definition) is 4. The molecule has 0 saturated heterocycles. The van der Waals surface area contributed by atoms with E-state index in [1.54, 1.807) is 12.1 Å². The van der Waals surface area contributed by atoms with Crippen LogP contribution in [-0.2, 0) is 0 Å². The fourth-order valence-electron chi connectivity index (χ4n) is 2.78. The van der Waals surface area contributed by atoms with Crippen molar-refractivity contribution in [2.45, 2.75) is 33.8 Å². The van der Waals surface area contributed by atoms with Crippen LogP contribution in [0.25, 0.3) is 11.1 Å². The largest absolute Gasteiger partial charge is 0.417 e. The molecule has 5 nitrogen and oxygen atoms in total. The van der Waals surface area contributed by atoms with Crippen LogP contribution in [0.1, 0.15) is 39.4 Å². The fraction of sp³-hybridized carbons (Fsp3) is 0.588. The fourth-order valence-corrected chi connectivity index (χ4v) is 2.78. The second-order valence-electron chi connectivity index (χ2n) is 6.79. The Morgan fingerprint density at radius 3 is 2.36 bits per heavy atom. The molecule has 1 heterocycles. The van der Waals surface area contributed by atoms with E-state index in [0.717, 1.165) is 18.7 Å². The first-order chi connectivity index (χ1) is 10.3. The SMILES string of the molecule is CC(C)CN(CC(C)C)CC(O)c1ccc2[nH]c(=O)oc2c1. The molecule has 0 fully saturated rings. The molecule has 1 aromatic heterocycles. The summed E-state index contributed by atoms with van der Waals surface area (Å²) < 4.78 is 5.06. The molecule has 2 aromatic rings. The summed E-state index contributed by atoms with van der Waals surface area (Å²) in [7, 11) is 0. The van der Waals surface area contributed by atoms with Gasteiger partial charge in [-0.1, -0.05) is 33.8 Å². The summed E-state index contributed by atoms with van der Waals surface area (Å²) in [4.78, 5) is 16.1. The average Bonchev–Trinajstić information content (AvgIpc) is 2.75. The second-order valence-corrected chi connectivity index (χ2v) is 6.79. The van der Waals surface area contributed by atoms with Crippen molar-refractivity contribution in [1.82, 2.24) is 9.88 Å². The van der Waals surface area contributed by atoms with Crippen LogP contribution in [0, 0.1) is 11.8 Å². The van der Waals surface area contributed by atoms with Crippen molar-refractivity contribution >= 4 is 11.1 Å². The van der Waals surface area contributed by atoms with Crippen molar-refractivity contribution in [1.29, 1.82) is 0 Å². The first-order valence-corrected chi connectivity index (χ1v) is 7.88. The van der Waals surface area contributed by atoms with Crippen LogP contribution in [-0.4, -0.2) is 34.6 Å². The highest BCUT2D eigenvalue weighted by Gasteiger charge is 2.17. The quantitative estimate of drug-likeness (QED) is 0.825. The van der Waals surface area contributed by atoms with E-state index in [9.17, 15) is 9.90 Å². The van der Waals surface area contributed by atoms with Crippen LogP contribution in [0.5, 0.6) is 0 Å². The molecule has 1 unspecified atom stereocenters. The standard InChI is InChI=1S/C17H26N2O3/c1-11(2)8-19(9-12(3)4)10-15(20)13-5-6-14-16(7-13)22-17(21)18-14/h5-7,11-12,15,20H,8-10H2,1-4H3,(H,18,21). The minimum absolute atomic E-state index is 0.470. The number of fused-ring (bicyclic) bond motifs is 1.